The first-order valence-corrected chi connectivity index (χ1v) is 5.67. The van der Waals surface area contributed by atoms with Crippen molar-refractivity contribution in [3.05, 3.63) is 29.3 Å². The average Bonchev–Trinajstić information content (AvgIpc) is 2.09. The van der Waals surface area contributed by atoms with Gasteiger partial charge in [0.25, 0.3) is 0 Å². The number of hydrogen-bond donors (Lipinski definition) is 1. The highest BCUT2D eigenvalue weighted by Gasteiger charge is 2.09. The number of aromatic hydroxyl groups is 1. The first-order chi connectivity index (χ1) is 6.88. The van der Waals surface area contributed by atoms with E-state index in [2.05, 4.69) is 26.8 Å². The van der Waals surface area contributed by atoms with Gasteiger partial charge in [0.15, 0.2) is 0 Å². The zero-order valence-corrected chi connectivity index (χ0v) is 10.3. The van der Waals surface area contributed by atoms with Crippen LogP contribution in [0.3, 0.4) is 0 Å². The van der Waals surface area contributed by atoms with Crippen LogP contribution in [0, 0.1) is 12.3 Å². The molecule has 1 nitrogen and oxygen atoms in total. The Bertz CT molecular complexity index is 321. The van der Waals surface area contributed by atoms with Gasteiger partial charge in [0.2, 0.25) is 0 Å². The molecule has 0 heterocycles. The van der Waals surface area contributed by atoms with Crippen molar-refractivity contribution < 1.29 is 5.11 Å². The monoisotopic (exact) mass is 206 g/mol. The first kappa shape index (κ1) is 12.1. The Morgan fingerprint density at radius 3 is 2.40 bits per heavy atom. The fourth-order valence-corrected chi connectivity index (χ4v) is 1.63. The van der Waals surface area contributed by atoms with Gasteiger partial charge in [-0.1, -0.05) is 32.9 Å². The van der Waals surface area contributed by atoms with Crippen LogP contribution in [-0.2, 0) is 6.42 Å². The number of benzene rings is 1. The molecule has 0 aliphatic carbocycles. The Morgan fingerprint density at radius 2 is 1.87 bits per heavy atom. The van der Waals surface area contributed by atoms with Crippen LogP contribution < -0.4 is 0 Å². The Labute approximate surface area is 93.1 Å². The molecule has 1 aromatic carbocycles. The predicted molar refractivity (Wildman–Crippen MR) is 65.2 cm³/mol. The Hall–Kier alpha value is -0.980. The van der Waals surface area contributed by atoms with Gasteiger partial charge in [-0.3, -0.25) is 0 Å². The van der Waals surface area contributed by atoms with Gasteiger partial charge in [0, 0.05) is 0 Å². The van der Waals surface area contributed by atoms with Gasteiger partial charge >= 0.3 is 0 Å². The maximum absolute atomic E-state index is 9.56. The van der Waals surface area contributed by atoms with E-state index in [-0.39, 0.29) is 0 Å². The molecule has 0 bridgehead atoms. The highest BCUT2D eigenvalue weighted by atomic mass is 16.3. The van der Waals surface area contributed by atoms with Gasteiger partial charge in [-0.25, -0.2) is 0 Å². The second-order valence-electron chi connectivity index (χ2n) is 5.54. The van der Waals surface area contributed by atoms with Gasteiger partial charge in [0.1, 0.15) is 5.75 Å². The fourth-order valence-electron chi connectivity index (χ4n) is 1.63. The van der Waals surface area contributed by atoms with Gasteiger partial charge in [-0.05, 0) is 48.8 Å². The van der Waals surface area contributed by atoms with Crippen molar-refractivity contribution in [3.8, 4) is 5.75 Å². The molecule has 1 N–H and O–H groups in total. The molecule has 0 aliphatic heterocycles. The number of aryl methyl sites for hydroxylation is 2. The average molecular weight is 206 g/mol. The minimum absolute atomic E-state index is 0.409. The lowest BCUT2D eigenvalue weighted by Gasteiger charge is -2.17. The van der Waals surface area contributed by atoms with Crippen LogP contribution in [0.1, 0.15) is 44.7 Å². The molecule has 0 saturated heterocycles. The Morgan fingerprint density at radius 1 is 1.20 bits per heavy atom. The van der Waals surface area contributed by atoms with E-state index in [0.717, 1.165) is 12.0 Å². The van der Waals surface area contributed by atoms with Crippen molar-refractivity contribution in [1.82, 2.24) is 0 Å². The third-order valence-electron chi connectivity index (χ3n) is 2.67. The summed E-state index contributed by atoms with van der Waals surface area (Å²) in [5.41, 5.74) is 2.60. The molecule has 1 rings (SSSR count). The van der Waals surface area contributed by atoms with Crippen LogP contribution in [0.2, 0.25) is 0 Å². The predicted octanol–water partition coefficient (Wildman–Crippen LogP) is 4.07. The SMILES string of the molecule is Cc1ccc(CCCC(C)(C)C)cc1O. The van der Waals surface area contributed by atoms with E-state index in [1.54, 1.807) is 0 Å². The smallest absolute Gasteiger partial charge is 0.118 e. The van der Waals surface area contributed by atoms with Crippen molar-refractivity contribution in [1.29, 1.82) is 0 Å². The van der Waals surface area contributed by atoms with Crippen LogP contribution in [0.5, 0.6) is 5.75 Å². The van der Waals surface area contributed by atoms with Gasteiger partial charge in [-0.15, -0.1) is 0 Å². The van der Waals surface area contributed by atoms with Crippen LogP contribution in [-0.4, -0.2) is 5.11 Å². The van der Waals surface area contributed by atoms with E-state index in [1.165, 1.54) is 18.4 Å². The lowest BCUT2D eigenvalue weighted by atomic mass is 9.89. The number of hydrogen-bond acceptors (Lipinski definition) is 1. The largest absolute Gasteiger partial charge is 0.508 e. The molecule has 0 fully saturated rings. The molecule has 0 aromatic heterocycles. The summed E-state index contributed by atoms with van der Waals surface area (Å²) < 4.78 is 0. The molecule has 0 saturated carbocycles. The third-order valence-corrected chi connectivity index (χ3v) is 2.67. The Kier molecular flexibility index (Phi) is 3.78. The van der Waals surface area contributed by atoms with Crippen molar-refractivity contribution in [2.45, 2.75) is 47.0 Å². The molecule has 1 aromatic rings. The highest BCUT2D eigenvalue weighted by molar-refractivity contribution is 5.35. The van der Waals surface area contributed by atoms with Gasteiger partial charge in [-0.2, -0.15) is 0 Å². The second kappa shape index (κ2) is 4.69. The van der Waals surface area contributed by atoms with E-state index >= 15 is 0 Å². The normalized spacial score (nSPS) is 11.7. The van der Waals surface area contributed by atoms with E-state index in [9.17, 15) is 5.11 Å². The molecule has 0 spiro atoms. The zero-order chi connectivity index (χ0) is 11.5. The first-order valence-electron chi connectivity index (χ1n) is 5.67. The lowest BCUT2D eigenvalue weighted by Crippen LogP contribution is -2.04. The van der Waals surface area contributed by atoms with Crippen molar-refractivity contribution in [2.75, 3.05) is 0 Å². The molecule has 1 heteroatoms. The molecule has 0 atom stereocenters. The van der Waals surface area contributed by atoms with E-state index in [0.29, 0.717) is 11.2 Å². The maximum Gasteiger partial charge on any atom is 0.118 e. The van der Waals surface area contributed by atoms with Crippen LogP contribution in [0.4, 0.5) is 0 Å². The van der Waals surface area contributed by atoms with Crippen LogP contribution >= 0.6 is 0 Å². The molecule has 0 amide bonds. The van der Waals surface area contributed by atoms with Gasteiger partial charge in [0.05, 0.1) is 0 Å². The number of phenols is 1. The molecule has 0 radical (unpaired) electrons. The summed E-state index contributed by atoms with van der Waals surface area (Å²) in [4.78, 5) is 0. The molecule has 84 valence electrons. The second-order valence-corrected chi connectivity index (χ2v) is 5.54. The molecule has 0 aliphatic rings. The van der Waals surface area contributed by atoms with Crippen molar-refractivity contribution in [3.63, 3.8) is 0 Å². The molecule has 0 unspecified atom stereocenters. The maximum atomic E-state index is 9.56. The van der Waals surface area contributed by atoms with Crippen LogP contribution in [0.25, 0.3) is 0 Å². The quantitative estimate of drug-likeness (QED) is 0.790. The number of rotatable bonds is 3. The Balaban J connectivity index is 2.48. The minimum Gasteiger partial charge on any atom is -0.508 e. The summed E-state index contributed by atoms with van der Waals surface area (Å²) in [7, 11) is 0. The molecular weight excluding hydrogens is 184 g/mol. The van der Waals surface area contributed by atoms with Gasteiger partial charge < -0.3 is 5.11 Å². The highest BCUT2D eigenvalue weighted by Crippen LogP contribution is 2.23. The summed E-state index contributed by atoms with van der Waals surface area (Å²) in [6, 6.07) is 5.98. The number of phenolic OH excluding ortho intramolecular Hbond substituents is 1. The lowest BCUT2D eigenvalue weighted by molar-refractivity contribution is 0.365. The zero-order valence-electron chi connectivity index (χ0n) is 10.3. The molecular formula is C14H22O. The summed E-state index contributed by atoms with van der Waals surface area (Å²) in [6.07, 6.45) is 3.47. The molecule has 15 heavy (non-hydrogen) atoms. The fraction of sp³-hybridized carbons (Fsp3) is 0.571. The standard InChI is InChI=1S/C14H22O/c1-11-7-8-12(10-13(11)15)6-5-9-14(2,3)4/h7-8,10,15H,5-6,9H2,1-4H3. The summed E-state index contributed by atoms with van der Waals surface area (Å²) in [5, 5.41) is 9.56. The van der Waals surface area contributed by atoms with Crippen LogP contribution in [0.15, 0.2) is 18.2 Å². The minimum atomic E-state index is 0.409. The summed E-state index contributed by atoms with van der Waals surface area (Å²) >= 11 is 0. The van der Waals surface area contributed by atoms with E-state index in [1.807, 2.05) is 19.1 Å². The van der Waals surface area contributed by atoms with Crippen molar-refractivity contribution >= 4 is 0 Å². The van der Waals surface area contributed by atoms with E-state index < -0.39 is 0 Å². The van der Waals surface area contributed by atoms with Crippen molar-refractivity contribution in [2.24, 2.45) is 5.41 Å². The third kappa shape index (κ3) is 4.37. The summed E-state index contributed by atoms with van der Waals surface area (Å²) in [6.45, 7) is 8.72. The van der Waals surface area contributed by atoms with E-state index in [4.69, 9.17) is 0 Å². The summed E-state index contributed by atoms with van der Waals surface area (Å²) in [5.74, 6) is 0.420. The topological polar surface area (TPSA) is 20.2 Å².